The highest BCUT2D eigenvalue weighted by atomic mass is 16.5. The van der Waals surface area contributed by atoms with Crippen molar-refractivity contribution in [1.29, 1.82) is 0 Å². The van der Waals surface area contributed by atoms with E-state index in [1.54, 1.807) is 6.08 Å². The molecule has 1 aliphatic heterocycles. The first-order chi connectivity index (χ1) is 5.16. The molecule has 0 radical (unpaired) electrons. The van der Waals surface area contributed by atoms with E-state index < -0.39 is 0 Å². The van der Waals surface area contributed by atoms with E-state index in [1.165, 1.54) is 0 Å². The molecule has 0 saturated carbocycles. The monoisotopic (exact) mass is 154 g/mol. The van der Waals surface area contributed by atoms with Crippen LogP contribution in [0.5, 0.6) is 0 Å². The number of ketones is 1. The third-order valence-corrected chi connectivity index (χ3v) is 1.90. The topological polar surface area (TPSA) is 26.3 Å². The fourth-order valence-corrected chi connectivity index (χ4v) is 1.26. The van der Waals surface area contributed by atoms with E-state index in [-0.39, 0.29) is 11.2 Å². The maximum Gasteiger partial charge on any atom is 0.137 e. The van der Waals surface area contributed by atoms with Crippen molar-refractivity contribution in [2.45, 2.75) is 19.8 Å². The number of carbonyl (C=O) groups is 1. The maximum atomic E-state index is 11.1. The van der Waals surface area contributed by atoms with Crippen LogP contribution in [0.4, 0.5) is 0 Å². The Kier molecular flexibility index (Phi) is 2.45. The highest BCUT2D eigenvalue weighted by Crippen LogP contribution is 2.30. The summed E-state index contributed by atoms with van der Waals surface area (Å²) in [5.74, 6) is 0.269. The SMILES string of the molecule is C=CCC(=O)CC1(C)COC1. The molecule has 1 fully saturated rings. The largest absolute Gasteiger partial charge is 0.380 e. The summed E-state index contributed by atoms with van der Waals surface area (Å²) < 4.78 is 5.04. The van der Waals surface area contributed by atoms with Crippen molar-refractivity contribution in [1.82, 2.24) is 0 Å². The number of Topliss-reactive ketones (excluding diaryl/α,β-unsaturated/α-hetero) is 1. The van der Waals surface area contributed by atoms with Crippen LogP contribution in [-0.2, 0) is 9.53 Å². The molecule has 1 rings (SSSR count). The van der Waals surface area contributed by atoms with Crippen LogP contribution >= 0.6 is 0 Å². The molecule has 0 atom stereocenters. The normalized spacial score (nSPS) is 20.5. The van der Waals surface area contributed by atoms with Crippen LogP contribution in [-0.4, -0.2) is 19.0 Å². The Morgan fingerprint density at radius 1 is 1.73 bits per heavy atom. The zero-order valence-corrected chi connectivity index (χ0v) is 6.93. The molecule has 0 aromatic rings. The molecule has 2 nitrogen and oxygen atoms in total. The Bertz CT molecular complexity index is 168. The smallest absolute Gasteiger partial charge is 0.137 e. The first-order valence-electron chi connectivity index (χ1n) is 3.87. The van der Waals surface area contributed by atoms with Crippen molar-refractivity contribution in [3.05, 3.63) is 12.7 Å². The summed E-state index contributed by atoms with van der Waals surface area (Å²) in [6.45, 7) is 7.07. The lowest BCUT2D eigenvalue weighted by Gasteiger charge is -2.37. The zero-order chi connectivity index (χ0) is 8.32. The van der Waals surface area contributed by atoms with Gasteiger partial charge in [-0.05, 0) is 0 Å². The number of rotatable bonds is 4. The fourth-order valence-electron chi connectivity index (χ4n) is 1.26. The van der Waals surface area contributed by atoms with Crippen molar-refractivity contribution in [2.24, 2.45) is 5.41 Å². The van der Waals surface area contributed by atoms with Crippen molar-refractivity contribution in [3.8, 4) is 0 Å². The summed E-state index contributed by atoms with van der Waals surface area (Å²) in [6, 6.07) is 0. The van der Waals surface area contributed by atoms with Crippen molar-refractivity contribution in [2.75, 3.05) is 13.2 Å². The van der Waals surface area contributed by atoms with Crippen LogP contribution < -0.4 is 0 Å². The minimum atomic E-state index is 0.125. The Morgan fingerprint density at radius 3 is 2.73 bits per heavy atom. The van der Waals surface area contributed by atoms with Crippen LogP contribution in [0.25, 0.3) is 0 Å². The van der Waals surface area contributed by atoms with Crippen LogP contribution in [0.2, 0.25) is 0 Å². The molecule has 2 heteroatoms. The first kappa shape index (κ1) is 8.47. The second kappa shape index (κ2) is 3.18. The van der Waals surface area contributed by atoms with Gasteiger partial charge in [-0.3, -0.25) is 4.79 Å². The molecule has 11 heavy (non-hydrogen) atoms. The molecular formula is C9H14O2. The van der Waals surface area contributed by atoms with Gasteiger partial charge in [0.25, 0.3) is 0 Å². The quantitative estimate of drug-likeness (QED) is 0.574. The number of hydrogen-bond donors (Lipinski definition) is 0. The molecule has 0 spiro atoms. The Hall–Kier alpha value is -0.630. The van der Waals surface area contributed by atoms with Crippen molar-refractivity contribution >= 4 is 5.78 Å². The maximum absolute atomic E-state index is 11.1. The Morgan fingerprint density at radius 2 is 2.36 bits per heavy atom. The van der Waals surface area contributed by atoms with E-state index in [0.29, 0.717) is 12.8 Å². The molecule has 0 N–H and O–H groups in total. The summed E-state index contributed by atoms with van der Waals surface area (Å²) >= 11 is 0. The summed E-state index contributed by atoms with van der Waals surface area (Å²) in [5.41, 5.74) is 0.125. The van der Waals surface area contributed by atoms with Gasteiger partial charge < -0.3 is 4.74 Å². The number of carbonyl (C=O) groups excluding carboxylic acids is 1. The summed E-state index contributed by atoms with van der Waals surface area (Å²) in [6.07, 6.45) is 2.79. The van der Waals surface area contributed by atoms with Gasteiger partial charge in [0.2, 0.25) is 0 Å². The van der Waals surface area contributed by atoms with E-state index in [0.717, 1.165) is 13.2 Å². The molecule has 0 bridgehead atoms. The van der Waals surface area contributed by atoms with E-state index in [4.69, 9.17) is 4.74 Å². The molecule has 1 aliphatic rings. The predicted octanol–water partition coefficient (Wildman–Crippen LogP) is 1.56. The average Bonchev–Trinajstić information content (AvgIpc) is 1.85. The van der Waals surface area contributed by atoms with Crippen molar-refractivity contribution in [3.63, 3.8) is 0 Å². The van der Waals surface area contributed by atoms with Crippen LogP contribution in [0.15, 0.2) is 12.7 Å². The highest BCUT2D eigenvalue weighted by Gasteiger charge is 2.34. The molecular weight excluding hydrogens is 140 g/mol. The number of ether oxygens (including phenoxy) is 1. The Labute approximate surface area is 67.2 Å². The second-order valence-electron chi connectivity index (χ2n) is 3.51. The molecule has 62 valence electrons. The van der Waals surface area contributed by atoms with Gasteiger partial charge in [0.1, 0.15) is 5.78 Å². The number of allylic oxidation sites excluding steroid dienone is 1. The third kappa shape index (κ3) is 2.15. The lowest BCUT2D eigenvalue weighted by atomic mass is 9.83. The van der Waals surface area contributed by atoms with Gasteiger partial charge in [0.05, 0.1) is 13.2 Å². The van der Waals surface area contributed by atoms with Crippen LogP contribution in [0.3, 0.4) is 0 Å². The molecule has 0 unspecified atom stereocenters. The fraction of sp³-hybridized carbons (Fsp3) is 0.667. The van der Waals surface area contributed by atoms with Gasteiger partial charge in [-0.25, -0.2) is 0 Å². The van der Waals surface area contributed by atoms with E-state index in [1.807, 2.05) is 0 Å². The van der Waals surface area contributed by atoms with Crippen molar-refractivity contribution < 1.29 is 9.53 Å². The van der Waals surface area contributed by atoms with E-state index in [2.05, 4.69) is 13.5 Å². The molecule has 1 saturated heterocycles. The lowest BCUT2D eigenvalue weighted by Crippen LogP contribution is -2.41. The summed E-state index contributed by atoms with van der Waals surface area (Å²) in [5, 5.41) is 0. The van der Waals surface area contributed by atoms with Crippen LogP contribution in [0.1, 0.15) is 19.8 Å². The van der Waals surface area contributed by atoms with E-state index >= 15 is 0 Å². The molecule has 1 heterocycles. The third-order valence-electron chi connectivity index (χ3n) is 1.90. The van der Waals surface area contributed by atoms with Gasteiger partial charge in [-0.1, -0.05) is 13.0 Å². The zero-order valence-electron chi connectivity index (χ0n) is 6.93. The molecule has 0 aromatic heterocycles. The molecule has 0 amide bonds. The minimum Gasteiger partial charge on any atom is -0.380 e. The van der Waals surface area contributed by atoms with Gasteiger partial charge in [0, 0.05) is 18.3 Å². The van der Waals surface area contributed by atoms with E-state index in [9.17, 15) is 4.79 Å². The predicted molar refractivity (Wildman–Crippen MR) is 43.4 cm³/mol. The lowest BCUT2D eigenvalue weighted by molar-refractivity contribution is -0.136. The van der Waals surface area contributed by atoms with Crippen LogP contribution in [0, 0.1) is 5.41 Å². The summed E-state index contributed by atoms with van der Waals surface area (Å²) in [7, 11) is 0. The van der Waals surface area contributed by atoms with Gasteiger partial charge in [-0.15, -0.1) is 6.58 Å². The highest BCUT2D eigenvalue weighted by molar-refractivity contribution is 5.80. The number of hydrogen-bond acceptors (Lipinski definition) is 2. The Balaban J connectivity index is 2.29. The summed E-state index contributed by atoms with van der Waals surface area (Å²) in [4.78, 5) is 11.1. The first-order valence-corrected chi connectivity index (χ1v) is 3.87. The second-order valence-corrected chi connectivity index (χ2v) is 3.51. The molecule has 0 aromatic carbocycles. The minimum absolute atomic E-state index is 0.125. The molecule has 0 aliphatic carbocycles. The van der Waals surface area contributed by atoms with Gasteiger partial charge in [-0.2, -0.15) is 0 Å². The van der Waals surface area contributed by atoms with Gasteiger partial charge >= 0.3 is 0 Å². The average molecular weight is 154 g/mol. The standard InChI is InChI=1S/C9H14O2/c1-3-4-8(10)5-9(2)6-11-7-9/h3H,1,4-7H2,2H3. The van der Waals surface area contributed by atoms with Gasteiger partial charge in [0.15, 0.2) is 0 Å².